The minimum Gasteiger partial charge on any atom is -0.0654 e. The van der Waals surface area contributed by atoms with Crippen molar-refractivity contribution >= 4 is 0 Å². The Kier molecular flexibility index (Phi) is 4.28. The fourth-order valence-electron chi connectivity index (χ4n) is 2.36. The monoisotopic (exact) mass is 182 g/mol. The van der Waals surface area contributed by atoms with Gasteiger partial charge in [0.2, 0.25) is 0 Å². The van der Waals surface area contributed by atoms with Gasteiger partial charge in [0.1, 0.15) is 0 Å². The predicted octanol–water partition coefficient (Wildman–Crippen LogP) is 4.49. The van der Waals surface area contributed by atoms with Gasteiger partial charge >= 0.3 is 0 Å². The van der Waals surface area contributed by atoms with Crippen LogP contribution in [0, 0.1) is 23.7 Å². The van der Waals surface area contributed by atoms with Crippen molar-refractivity contribution in [2.45, 2.75) is 59.8 Å². The lowest BCUT2D eigenvalue weighted by atomic mass is 9.80. The van der Waals surface area contributed by atoms with Gasteiger partial charge in [0.05, 0.1) is 0 Å². The van der Waals surface area contributed by atoms with Gasteiger partial charge in [-0.15, -0.1) is 0 Å². The predicted molar refractivity (Wildman–Crippen MR) is 59.7 cm³/mol. The third kappa shape index (κ3) is 3.32. The van der Waals surface area contributed by atoms with Gasteiger partial charge in [0.15, 0.2) is 0 Å². The van der Waals surface area contributed by atoms with Crippen LogP contribution in [0.25, 0.3) is 0 Å². The Balaban J connectivity index is 2.23. The summed E-state index contributed by atoms with van der Waals surface area (Å²) in [6.45, 7) is 9.66. The molecule has 0 nitrogen and oxygen atoms in total. The highest BCUT2D eigenvalue weighted by Crippen LogP contribution is 2.42. The van der Waals surface area contributed by atoms with Gasteiger partial charge in [0, 0.05) is 0 Å². The largest absolute Gasteiger partial charge is 0.0654 e. The van der Waals surface area contributed by atoms with Gasteiger partial charge in [0.25, 0.3) is 0 Å². The molecule has 1 saturated carbocycles. The fraction of sp³-hybridized carbons (Fsp3) is 1.00. The van der Waals surface area contributed by atoms with Gasteiger partial charge < -0.3 is 0 Å². The molecule has 1 aliphatic carbocycles. The van der Waals surface area contributed by atoms with E-state index < -0.39 is 0 Å². The number of unbranched alkanes of at least 4 members (excludes halogenated alkanes) is 1. The Bertz CT molecular complexity index is 135. The maximum absolute atomic E-state index is 2.46. The van der Waals surface area contributed by atoms with Crippen LogP contribution in [0.1, 0.15) is 59.8 Å². The minimum atomic E-state index is 0.940. The standard InChI is InChI=1S/C13H26/c1-5-6-7-10(2)11(3)12(4)13-8-9-13/h10-13H,5-9H2,1-4H3. The van der Waals surface area contributed by atoms with E-state index in [1.807, 2.05) is 0 Å². The average molecular weight is 182 g/mol. The van der Waals surface area contributed by atoms with Crippen molar-refractivity contribution < 1.29 is 0 Å². The van der Waals surface area contributed by atoms with E-state index in [2.05, 4.69) is 27.7 Å². The van der Waals surface area contributed by atoms with Crippen molar-refractivity contribution in [3.63, 3.8) is 0 Å². The lowest BCUT2D eigenvalue weighted by Crippen LogP contribution is -2.18. The molecule has 1 fully saturated rings. The molecule has 1 rings (SSSR count). The van der Waals surface area contributed by atoms with Crippen LogP contribution in [-0.4, -0.2) is 0 Å². The van der Waals surface area contributed by atoms with E-state index in [-0.39, 0.29) is 0 Å². The Morgan fingerprint density at radius 1 is 1.15 bits per heavy atom. The summed E-state index contributed by atoms with van der Waals surface area (Å²) in [6, 6.07) is 0. The fourth-order valence-corrected chi connectivity index (χ4v) is 2.36. The van der Waals surface area contributed by atoms with Crippen LogP contribution in [0.4, 0.5) is 0 Å². The molecule has 0 N–H and O–H groups in total. The quantitative estimate of drug-likeness (QED) is 0.567. The molecule has 0 heterocycles. The highest BCUT2D eigenvalue weighted by Gasteiger charge is 2.32. The van der Waals surface area contributed by atoms with Gasteiger partial charge in [-0.25, -0.2) is 0 Å². The number of hydrogen-bond donors (Lipinski definition) is 0. The zero-order chi connectivity index (χ0) is 9.84. The molecule has 13 heavy (non-hydrogen) atoms. The minimum absolute atomic E-state index is 0.940. The highest BCUT2D eigenvalue weighted by molar-refractivity contribution is 4.83. The van der Waals surface area contributed by atoms with E-state index in [0.717, 1.165) is 23.7 Å². The Morgan fingerprint density at radius 2 is 1.77 bits per heavy atom. The first-order valence-corrected chi connectivity index (χ1v) is 6.16. The summed E-state index contributed by atoms with van der Waals surface area (Å²) < 4.78 is 0. The lowest BCUT2D eigenvalue weighted by molar-refractivity contribution is 0.239. The summed E-state index contributed by atoms with van der Waals surface area (Å²) >= 11 is 0. The summed E-state index contributed by atoms with van der Waals surface area (Å²) in [5.41, 5.74) is 0. The molecule has 78 valence electrons. The molecule has 0 heteroatoms. The molecule has 0 aromatic heterocycles. The van der Waals surface area contributed by atoms with Gasteiger partial charge in [-0.2, -0.15) is 0 Å². The molecule has 0 saturated heterocycles. The van der Waals surface area contributed by atoms with Gasteiger partial charge in [-0.1, -0.05) is 47.0 Å². The molecule has 0 aromatic rings. The smallest absolute Gasteiger partial charge is 0.0386 e. The molecule has 0 aliphatic heterocycles. The van der Waals surface area contributed by atoms with E-state index in [1.165, 1.54) is 32.1 Å². The van der Waals surface area contributed by atoms with Gasteiger partial charge in [-0.3, -0.25) is 0 Å². The topological polar surface area (TPSA) is 0 Å². The molecule has 0 radical (unpaired) electrons. The molecule has 3 atom stereocenters. The first kappa shape index (κ1) is 11.1. The first-order valence-electron chi connectivity index (χ1n) is 6.16. The van der Waals surface area contributed by atoms with Crippen LogP contribution in [0.2, 0.25) is 0 Å². The van der Waals surface area contributed by atoms with Crippen molar-refractivity contribution in [2.24, 2.45) is 23.7 Å². The van der Waals surface area contributed by atoms with Crippen molar-refractivity contribution in [3.05, 3.63) is 0 Å². The van der Waals surface area contributed by atoms with E-state index in [9.17, 15) is 0 Å². The van der Waals surface area contributed by atoms with Crippen molar-refractivity contribution in [1.29, 1.82) is 0 Å². The third-order valence-electron chi connectivity index (χ3n) is 4.11. The van der Waals surface area contributed by atoms with E-state index in [0.29, 0.717) is 0 Å². The Hall–Kier alpha value is 0. The molecule has 3 unspecified atom stereocenters. The van der Waals surface area contributed by atoms with Crippen LogP contribution in [0.15, 0.2) is 0 Å². The lowest BCUT2D eigenvalue weighted by Gasteiger charge is -2.26. The molecular weight excluding hydrogens is 156 g/mol. The summed E-state index contributed by atoms with van der Waals surface area (Å²) in [5, 5.41) is 0. The van der Waals surface area contributed by atoms with Crippen LogP contribution in [0.3, 0.4) is 0 Å². The van der Waals surface area contributed by atoms with Crippen molar-refractivity contribution in [3.8, 4) is 0 Å². The molecule has 1 aliphatic rings. The number of hydrogen-bond acceptors (Lipinski definition) is 0. The first-order chi connectivity index (χ1) is 6.16. The average Bonchev–Trinajstić information content (AvgIpc) is 2.94. The molecule has 0 bridgehead atoms. The van der Waals surface area contributed by atoms with E-state index in [4.69, 9.17) is 0 Å². The summed E-state index contributed by atoms with van der Waals surface area (Å²) in [7, 11) is 0. The third-order valence-corrected chi connectivity index (χ3v) is 4.11. The van der Waals surface area contributed by atoms with E-state index >= 15 is 0 Å². The SMILES string of the molecule is CCCCC(C)C(C)C(C)C1CC1. The second kappa shape index (κ2) is 5.02. The Morgan fingerprint density at radius 3 is 2.23 bits per heavy atom. The van der Waals surface area contributed by atoms with Crippen LogP contribution in [0.5, 0.6) is 0 Å². The normalized spacial score (nSPS) is 24.0. The molecule has 0 spiro atoms. The summed E-state index contributed by atoms with van der Waals surface area (Å²) in [5.74, 6) is 3.94. The molecule has 0 aromatic carbocycles. The van der Waals surface area contributed by atoms with Gasteiger partial charge in [-0.05, 0) is 36.5 Å². The van der Waals surface area contributed by atoms with Crippen LogP contribution >= 0.6 is 0 Å². The van der Waals surface area contributed by atoms with Crippen LogP contribution < -0.4 is 0 Å². The molecule has 0 amide bonds. The highest BCUT2D eigenvalue weighted by atomic mass is 14.4. The van der Waals surface area contributed by atoms with E-state index in [1.54, 1.807) is 0 Å². The maximum atomic E-state index is 2.46. The second-order valence-electron chi connectivity index (χ2n) is 5.18. The zero-order valence-corrected chi connectivity index (χ0v) is 9.84. The molecular formula is C13H26. The summed E-state index contributed by atoms with van der Waals surface area (Å²) in [4.78, 5) is 0. The summed E-state index contributed by atoms with van der Waals surface area (Å²) in [6.07, 6.45) is 7.23. The number of rotatable bonds is 6. The maximum Gasteiger partial charge on any atom is -0.0386 e. The van der Waals surface area contributed by atoms with Crippen LogP contribution in [-0.2, 0) is 0 Å². The van der Waals surface area contributed by atoms with Crippen molar-refractivity contribution in [2.75, 3.05) is 0 Å². The second-order valence-corrected chi connectivity index (χ2v) is 5.18. The van der Waals surface area contributed by atoms with Crippen molar-refractivity contribution in [1.82, 2.24) is 0 Å². The Labute approximate surface area is 84.1 Å². The zero-order valence-electron chi connectivity index (χ0n) is 9.84.